The van der Waals surface area contributed by atoms with Gasteiger partial charge >= 0.3 is 0 Å². The lowest BCUT2D eigenvalue weighted by molar-refractivity contribution is -0.136. The van der Waals surface area contributed by atoms with Crippen LogP contribution in [0.4, 0.5) is 5.69 Å². The minimum absolute atomic E-state index is 0.250. The van der Waals surface area contributed by atoms with Crippen molar-refractivity contribution in [2.24, 2.45) is 11.8 Å². The Morgan fingerprint density at radius 1 is 0.745 bits per heavy atom. The molecule has 1 saturated heterocycles. The number of likely N-dealkylation sites (tertiary alicyclic amines) is 1. The van der Waals surface area contributed by atoms with Gasteiger partial charge in [-0.15, -0.1) is 0 Å². The molecule has 3 fully saturated rings. The molecule has 0 unspecified atom stereocenters. The average Bonchev–Trinajstić information content (AvgIpc) is 3.06. The van der Waals surface area contributed by atoms with Crippen LogP contribution in [0.25, 0.3) is 0 Å². The number of piperidine rings is 1. The summed E-state index contributed by atoms with van der Waals surface area (Å²) in [5.41, 5.74) is 1.55. The summed E-state index contributed by atoms with van der Waals surface area (Å²) in [6, 6.07) is 15.1. The lowest BCUT2D eigenvalue weighted by Crippen LogP contribution is -2.47. The first kappa shape index (κ1) is 35.4. The minimum Gasteiger partial charge on any atom is -0.457 e. The molecule has 0 atom stereocenters. The van der Waals surface area contributed by atoms with Crippen LogP contribution in [0.1, 0.15) is 109 Å². The normalized spacial score (nSPS) is 18.9. The summed E-state index contributed by atoms with van der Waals surface area (Å²) in [6.45, 7) is 5.88. The van der Waals surface area contributed by atoms with Crippen LogP contribution in [-0.2, 0) is 26.2 Å². The van der Waals surface area contributed by atoms with Crippen molar-refractivity contribution in [3.63, 3.8) is 0 Å². The third-order valence-corrected chi connectivity index (χ3v) is 11.4. The van der Waals surface area contributed by atoms with Gasteiger partial charge in [0.1, 0.15) is 11.5 Å². The van der Waals surface area contributed by atoms with Crippen LogP contribution in [-0.4, -0.2) is 62.0 Å². The molecule has 0 spiro atoms. The lowest BCUT2D eigenvalue weighted by atomic mass is 9.86. The van der Waals surface area contributed by atoms with Crippen molar-refractivity contribution in [2.45, 2.75) is 116 Å². The number of anilines is 1. The summed E-state index contributed by atoms with van der Waals surface area (Å²) in [6.07, 6.45) is 16.8. The molecule has 2 aromatic carbocycles. The molecule has 8 nitrogen and oxygen atoms in total. The van der Waals surface area contributed by atoms with Crippen LogP contribution in [0.3, 0.4) is 0 Å². The number of amides is 2. The number of hydrogen-bond acceptors (Lipinski definition) is 6. The molecule has 0 radical (unpaired) electrons. The predicted molar refractivity (Wildman–Crippen MR) is 188 cm³/mol. The van der Waals surface area contributed by atoms with E-state index in [0.29, 0.717) is 35.1 Å². The van der Waals surface area contributed by atoms with Gasteiger partial charge in [0, 0.05) is 45.1 Å². The SMILES string of the molecule is CCCN(C(=O)CC1CCCCC1)C1CCN(Cc2ccc(Oc3ccc(N(C(=O)CC4CCCCC4)S(C)(=O)=O)cc3)cc2)CC1. The maximum absolute atomic E-state index is 13.3. The second-order valence-corrected chi connectivity index (χ2v) is 16.0. The van der Waals surface area contributed by atoms with Crippen LogP contribution in [0.15, 0.2) is 48.5 Å². The molecular weight excluding hydrogens is 611 g/mol. The zero-order valence-electron chi connectivity index (χ0n) is 28.6. The van der Waals surface area contributed by atoms with E-state index in [0.717, 1.165) is 88.1 Å². The highest BCUT2D eigenvalue weighted by Gasteiger charge is 2.30. The van der Waals surface area contributed by atoms with Crippen LogP contribution < -0.4 is 9.04 Å². The van der Waals surface area contributed by atoms with Crippen molar-refractivity contribution in [3.8, 4) is 11.5 Å². The molecule has 3 aliphatic rings. The first-order valence-electron chi connectivity index (χ1n) is 18.1. The molecule has 0 aromatic heterocycles. The number of rotatable bonds is 13. The Balaban J connectivity index is 1.10. The quantitative estimate of drug-likeness (QED) is 0.216. The van der Waals surface area contributed by atoms with E-state index >= 15 is 0 Å². The van der Waals surface area contributed by atoms with Crippen LogP contribution in [0.2, 0.25) is 0 Å². The number of carbonyl (C=O) groups excluding carboxylic acids is 2. The van der Waals surface area contributed by atoms with Crippen LogP contribution in [0.5, 0.6) is 11.5 Å². The third kappa shape index (κ3) is 10.3. The largest absolute Gasteiger partial charge is 0.457 e. The van der Waals surface area contributed by atoms with Gasteiger partial charge in [-0.25, -0.2) is 12.7 Å². The van der Waals surface area contributed by atoms with Gasteiger partial charge in [-0.1, -0.05) is 57.6 Å². The Morgan fingerprint density at radius 2 is 1.26 bits per heavy atom. The summed E-state index contributed by atoms with van der Waals surface area (Å²) in [5, 5.41) is 0. The standard InChI is InChI=1S/C38H55N3O5S/c1-3-24-40(37(42)27-30-10-6-4-7-11-30)33-22-25-39(26-23-33)29-32-14-18-35(19-15-32)46-36-20-16-34(17-21-36)41(47(2,44)45)38(43)28-31-12-8-5-9-13-31/h14-21,30-31,33H,3-13,22-29H2,1-2H3. The molecule has 258 valence electrons. The topological polar surface area (TPSA) is 87.2 Å². The molecular formula is C38H55N3O5S. The first-order valence-corrected chi connectivity index (χ1v) is 20.0. The van der Waals surface area contributed by atoms with E-state index in [2.05, 4.69) is 28.9 Å². The maximum Gasteiger partial charge on any atom is 0.241 e. The monoisotopic (exact) mass is 665 g/mol. The number of sulfonamides is 1. The second kappa shape index (κ2) is 17.0. The van der Waals surface area contributed by atoms with E-state index in [9.17, 15) is 18.0 Å². The molecule has 0 N–H and O–H groups in total. The fourth-order valence-corrected chi connectivity index (χ4v) is 8.79. The zero-order chi connectivity index (χ0) is 33.2. The van der Waals surface area contributed by atoms with E-state index in [-0.39, 0.29) is 18.2 Å². The van der Waals surface area contributed by atoms with E-state index in [1.54, 1.807) is 24.3 Å². The summed E-state index contributed by atoms with van der Waals surface area (Å²) in [7, 11) is -3.76. The minimum atomic E-state index is -3.76. The molecule has 9 heteroatoms. The molecule has 1 heterocycles. The highest BCUT2D eigenvalue weighted by atomic mass is 32.2. The van der Waals surface area contributed by atoms with Crippen molar-refractivity contribution >= 4 is 27.5 Å². The van der Waals surface area contributed by atoms with E-state index in [4.69, 9.17) is 4.74 Å². The van der Waals surface area contributed by atoms with E-state index < -0.39 is 10.0 Å². The summed E-state index contributed by atoms with van der Waals surface area (Å²) >= 11 is 0. The fraction of sp³-hybridized carbons (Fsp3) is 0.632. The summed E-state index contributed by atoms with van der Waals surface area (Å²) in [5.74, 6) is 2.11. The highest BCUT2D eigenvalue weighted by Crippen LogP contribution is 2.31. The number of hydrogen-bond donors (Lipinski definition) is 0. The van der Waals surface area contributed by atoms with Gasteiger partial charge in [0.25, 0.3) is 0 Å². The predicted octanol–water partition coefficient (Wildman–Crippen LogP) is 7.92. The fourth-order valence-electron chi connectivity index (χ4n) is 7.84. The van der Waals surface area contributed by atoms with Crippen LogP contribution >= 0.6 is 0 Å². The average molecular weight is 666 g/mol. The third-order valence-electron chi connectivity index (χ3n) is 10.4. The summed E-state index contributed by atoms with van der Waals surface area (Å²) < 4.78 is 32.2. The number of nitrogens with zero attached hydrogens (tertiary/aromatic N) is 3. The van der Waals surface area contributed by atoms with Gasteiger partial charge in [-0.2, -0.15) is 0 Å². The Hall–Kier alpha value is -2.91. The Bertz CT molecular complexity index is 1390. The smallest absolute Gasteiger partial charge is 0.241 e. The molecule has 2 amide bonds. The first-order chi connectivity index (χ1) is 22.7. The Morgan fingerprint density at radius 3 is 1.77 bits per heavy atom. The van der Waals surface area contributed by atoms with Gasteiger partial charge in [0.2, 0.25) is 21.8 Å². The van der Waals surface area contributed by atoms with Gasteiger partial charge in [-0.3, -0.25) is 14.5 Å². The van der Waals surface area contributed by atoms with E-state index in [1.165, 1.54) is 44.1 Å². The van der Waals surface area contributed by atoms with Crippen molar-refractivity contribution in [1.82, 2.24) is 9.80 Å². The molecule has 2 aromatic rings. The molecule has 5 rings (SSSR count). The number of benzene rings is 2. The Labute approximate surface area is 282 Å². The van der Waals surface area contributed by atoms with Gasteiger partial charge < -0.3 is 9.64 Å². The van der Waals surface area contributed by atoms with Gasteiger partial charge in [-0.05, 0) is 98.7 Å². The number of ether oxygens (including phenoxy) is 1. The molecule has 0 bridgehead atoms. The van der Waals surface area contributed by atoms with Crippen molar-refractivity contribution in [3.05, 3.63) is 54.1 Å². The molecule has 2 aliphatic carbocycles. The van der Waals surface area contributed by atoms with Gasteiger partial charge in [0.05, 0.1) is 11.9 Å². The molecule has 1 aliphatic heterocycles. The van der Waals surface area contributed by atoms with E-state index in [1.807, 2.05) is 12.1 Å². The van der Waals surface area contributed by atoms with Crippen LogP contribution in [0, 0.1) is 11.8 Å². The maximum atomic E-state index is 13.3. The Kier molecular flexibility index (Phi) is 12.8. The van der Waals surface area contributed by atoms with Crippen molar-refractivity contribution in [1.29, 1.82) is 0 Å². The highest BCUT2D eigenvalue weighted by molar-refractivity contribution is 7.92. The second-order valence-electron chi connectivity index (χ2n) is 14.2. The lowest BCUT2D eigenvalue weighted by Gasteiger charge is -2.39. The zero-order valence-corrected chi connectivity index (χ0v) is 29.4. The van der Waals surface area contributed by atoms with Gasteiger partial charge in [0.15, 0.2) is 0 Å². The van der Waals surface area contributed by atoms with Crippen molar-refractivity contribution < 1.29 is 22.7 Å². The summed E-state index contributed by atoms with van der Waals surface area (Å²) in [4.78, 5) is 31.0. The molecule has 2 saturated carbocycles. The number of carbonyl (C=O) groups is 2. The molecule has 47 heavy (non-hydrogen) atoms. The van der Waals surface area contributed by atoms with Crippen molar-refractivity contribution in [2.75, 3.05) is 30.2 Å².